The molecule has 6 nitrogen and oxygen atoms in total. The lowest BCUT2D eigenvalue weighted by Gasteiger charge is -2.26. The number of nitrogens with one attached hydrogen (secondary N) is 1. The smallest absolute Gasteiger partial charge is 0.238 e. The van der Waals surface area contributed by atoms with Crippen LogP contribution in [0.3, 0.4) is 0 Å². The molecule has 1 aliphatic rings. The minimum Gasteiger partial charge on any atom is -0.468 e. The van der Waals surface area contributed by atoms with Crippen molar-refractivity contribution in [1.29, 1.82) is 0 Å². The number of amides is 1. The highest BCUT2D eigenvalue weighted by Crippen LogP contribution is 2.31. The zero-order chi connectivity index (χ0) is 23.4. The van der Waals surface area contributed by atoms with Gasteiger partial charge in [-0.2, -0.15) is 0 Å². The molecule has 0 spiro atoms. The summed E-state index contributed by atoms with van der Waals surface area (Å²) < 4.78 is 29.4. The standard InChI is InChI=1S/C25H28N2O4S2/c1-18-5-6-19(2)24(14-18)32-23-9-7-20(8-10-23)26-25(28)16-27(15-22-4-3-12-31-22)21-11-13-33(29,30)17-21/h3-10,12,14,21H,11,13,15-17H2,1-2H3,(H,26,28)/t21-/m1/s1. The molecule has 174 valence electrons. The van der Waals surface area contributed by atoms with Gasteiger partial charge < -0.3 is 9.73 Å². The molecule has 8 heteroatoms. The van der Waals surface area contributed by atoms with Crippen molar-refractivity contribution >= 4 is 33.2 Å². The molecule has 1 atom stereocenters. The van der Waals surface area contributed by atoms with Gasteiger partial charge in [0, 0.05) is 21.5 Å². The average molecular weight is 485 g/mol. The fraction of sp³-hybridized carbons (Fsp3) is 0.320. The van der Waals surface area contributed by atoms with Gasteiger partial charge in [-0.3, -0.25) is 9.69 Å². The molecule has 0 aliphatic carbocycles. The van der Waals surface area contributed by atoms with Crippen molar-refractivity contribution in [2.24, 2.45) is 0 Å². The number of hydrogen-bond donors (Lipinski definition) is 1. The van der Waals surface area contributed by atoms with Gasteiger partial charge in [0.1, 0.15) is 5.76 Å². The van der Waals surface area contributed by atoms with Crippen LogP contribution >= 0.6 is 11.8 Å². The number of furan rings is 1. The third-order valence-corrected chi connectivity index (χ3v) is 8.64. The lowest BCUT2D eigenvalue weighted by Crippen LogP contribution is -2.41. The maximum Gasteiger partial charge on any atom is 0.238 e. The molecule has 2 heterocycles. The largest absolute Gasteiger partial charge is 0.468 e. The lowest BCUT2D eigenvalue weighted by molar-refractivity contribution is -0.118. The van der Waals surface area contributed by atoms with Crippen molar-refractivity contribution in [1.82, 2.24) is 4.90 Å². The summed E-state index contributed by atoms with van der Waals surface area (Å²) in [5.74, 6) is 0.763. The van der Waals surface area contributed by atoms with E-state index in [0.717, 1.165) is 4.90 Å². The van der Waals surface area contributed by atoms with Crippen LogP contribution < -0.4 is 5.32 Å². The first-order valence-corrected chi connectivity index (χ1v) is 13.5. The number of nitrogens with zero attached hydrogens (tertiary/aromatic N) is 1. The van der Waals surface area contributed by atoms with E-state index in [2.05, 4.69) is 37.4 Å². The highest BCUT2D eigenvalue weighted by Gasteiger charge is 2.33. The first-order valence-electron chi connectivity index (χ1n) is 10.9. The Morgan fingerprint density at radius 2 is 1.94 bits per heavy atom. The molecular formula is C25H28N2O4S2. The Hall–Kier alpha value is -2.55. The Labute approximate surface area is 199 Å². The minimum atomic E-state index is -3.06. The molecule has 0 unspecified atom stereocenters. The third-order valence-electron chi connectivity index (χ3n) is 5.72. The van der Waals surface area contributed by atoms with E-state index in [1.54, 1.807) is 24.1 Å². The second-order valence-corrected chi connectivity index (χ2v) is 11.8. The van der Waals surface area contributed by atoms with Crippen molar-refractivity contribution in [2.45, 2.75) is 42.6 Å². The molecule has 1 aliphatic heterocycles. The van der Waals surface area contributed by atoms with Crippen LogP contribution in [0, 0.1) is 13.8 Å². The minimum absolute atomic E-state index is 0.0747. The van der Waals surface area contributed by atoms with E-state index in [9.17, 15) is 13.2 Å². The van der Waals surface area contributed by atoms with Crippen molar-refractivity contribution in [3.05, 3.63) is 77.7 Å². The van der Waals surface area contributed by atoms with Gasteiger partial charge in [0.25, 0.3) is 0 Å². The van der Waals surface area contributed by atoms with E-state index >= 15 is 0 Å². The number of carbonyl (C=O) groups is 1. The summed E-state index contributed by atoms with van der Waals surface area (Å²) >= 11 is 1.70. The summed E-state index contributed by atoms with van der Waals surface area (Å²) in [5.41, 5.74) is 3.16. The normalized spacial score (nSPS) is 17.4. The van der Waals surface area contributed by atoms with E-state index in [1.165, 1.54) is 16.0 Å². The second kappa shape index (κ2) is 10.2. The van der Waals surface area contributed by atoms with Gasteiger partial charge in [-0.25, -0.2) is 8.42 Å². The number of aryl methyl sites for hydroxylation is 2. The summed E-state index contributed by atoms with van der Waals surface area (Å²) in [6.07, 6.45) is 2.11. The summed E-state index contributed by atoms with van der Waals surface area (Å²) in [4.78, 5) is 17.0. The van der Waals surface area contributed by atoms with E-state index < -0.39 is 9.84 Å². The number of hydrogen-bond acceptors (Lipinski definition) is 6. The van der Waals surface area contributed by atoms with E-state index in [1.807, 2.05) is 35.2 Å². The molecule has 33 heavy (non-hydrogen) atoms. The monoisotopic (exact) mass is 484 g/mol. The Morgan fingerprint density at radius 3 is 2.61 bits per heavy atom. The van der Waals surface area contributed by atoms with Gasteiger partial charge in [0.05, 0.1) is 30.9 Å². The molecule has 2 aromatic carbocycles. The number of sulfone groups is 1. The zero-order valence-corrected chi connectivity index (χ0v) is 20.4. The van der Waals surface area contributed by atoms with Gasteiger partial charge in [-0.1, -0.05) is 23.9 Å². The molecule has 0 saturated carbocycles. The van der Waals surface area contributed by atoms with Crippen LogP contribution in [0.5, 0.6) is 0 Å². The summed E-state index contributed by atoms with van der Waals surface area (Å²) in [6, 6.07) is 17.6. The van der Waals surface area contributed by atoms with Crippen LogP contribution in [0.1, 0.15) is 23.3 Å². The Morgan fingerprint density at radius 1 is 1.15 bits per heavy atom. The molecule has 1 aromatic heterocycles. The molecule has 4 rings (SSSR count). The Balaban J connectivity index is 1.39. The van der Waals surface area contributed by atoms with Crippen LogP contribution in [0.15, 0.2) is 75.1 Å². The lowest BCUT2D eigenvalue weighted by atomic mass is 10.2. The van der Waals surface area contributed by atoms with Crippen molar-refractivity contribution in [2.75, 3.05) is 23.4 Å². The number of rotatable bonds is 8. The fourth-order valence-corrected chi connectivity index (χ4v) is 6.68. The fourth-order valence-electron chi connectivity index (χ4n) is 3.92. The van der Waals surface area contributed by atoms with E-state index in [-0.39, 0.29) is 30.0 Å². The average Bonchev–Trinajstić information content (AvgIpc) is 3.41. The SMILES string of the molecule is Cc1ccc(C)c(Sc2ccc(NC(=O)CN(Cc3ccco3)[C@@H]3CCS(=O)(=O)C3)cc2)c1. The van der Waals surface area contributed by atoms with Crippen LogP contribution in [0.2, 0.25) is 0 Å². The zero-order valence-electron chi connectivity index (χ0n) is 18.8. The van der Waals surface area contributed by atoms with Crippen molar-refractivity contribution in [3.8, 4) is 0 Å². The third kappa shape index (κ3) is 6.50. The van der Waals surface area contributed by atoms with E-state index in [0.29, 0.717) is 24.4 Å². The summed E-state index contributed by atoms with van der Waals surface area (Å²) in [7, 11) is -3.06. The van der Waals surface area contributed by atoms with Gasteiger partial charge >= 0.3 is 0 Å². The highest BCUT2D eigenvalue weighted by atomic mass is 32.2. The molecular weight excluding hydrogens is 456 g/mol. The maximum absolute atomic E-state index is 12.8. The number of carbonyl (C=O) groups excluding carboxylic acids is 1. The van der Waals surface area contributed by atoms with Crippen LogP contribution in [0.4, 0.5) is 5.69 Å². The predicted octanol–water partition coefficient (Wildman–Crippen LogP) is 4.68. The molecule has 1 saturated heterocycles. The van der Waals surface area contributed by atoms with Crippen LogP contribution in [-0.2, 0) is 21.2 Å². The predicted molar refractivity (Wildman–Crippen MR) is 131 cm³/mol. The van der Waals surface area contributed by atoms with Crippen LogP contribution in [0.25, 0.3) is 0 Å². The molecule has 1 N–H and O–H groups in total. The van der Waals surface area contributed by atoms with Gasteiger partial charge in [-0.05, 0) is 73.9 Å². The Bertz CT molecular complexity index is 1210. The Kier molecular flexibility index (Phi) is 7.26. The van der Waals surface area contributed by atoms with Gasteiger partial charge in [0.15, 0.2) is 9.84 Å². The second-order valence-electron chi connectivity index (χ2n) is 8.48. The molecule has 0 bridgehead atoms. The maximum atomic E-state index is 12.8. The number of anilines is 1. The topological polar surface area (TPSA) is 79.6 Å². The quantitative estimate of drug-likeness (QED) is 0.500. The van der Waals surface area contributed by atoms with Crippen molar-refractivity contribution in [3.63, 3.8) is 0 Å². The highest BCUT2D eigenvalue weighted by molar-refractivity contribution is 7.99. The van der Waals surface area contributed by atoms with Crippen LogP contribution in [-0.4, -0.2) is 43.3 Å². The first kappa shape index (κ1) is 23.6. The van der Waals surface area contributed by atoms with Gasteiger partial charge in [0.2, 0.25) is 5.91 Å². The molecule has 3 aromatic rings. The summed E-state index contributed by atoms with van der Waals surface area (Å²) in [5, 5.41) is 2.94. The van der Waals surface area contributed by atoms with E-state index in [4.69, 9.17) is 4.42 Å². The van der Waals surface area contributed by atoms with Crippen molar-refractivity contribution < 1.29 is 17.6 Å². The number of benzene rings is 2. The molecule has 1 amide bonds. The first-order chi connectivity index (χ1) is 15.8. The van der Waals surface area contributed by atoms with Gasteiger partial charge in [-0.15, -0.1) is 0 Å². The summed E-state index contributed by atoms with van der Waals surface area (Å²) in [6.45, 7) is 4.67. The molecule has 0 radical (unpaired) electrons. The molecule has 1 fully saturated rings.